The van der Waals surface area contributed by atoms with Crippen LogP contribution in [-0.2, 0) is 37.1 Å². The van der Waals surface area contributed by atoms with Crippen LogP contribution in [0.2, 0.25) is 0 Å². The number of imide groups is 1. The monoisotopic (exact) mass is 547 g/mol. The molecular weight excluding hydrogens is 514 g/mol. The molecule has 0 spiro atoms. The van der Waals surface area contributed by atoms with Gasteiger partial charge in [0.1, 0.15) is 12.4 Å². The summed E-state index contributed by atoms with van der Waals surface area (Å²) in [5.74, 6) is -0.481. The summed E-state index contributed by atoms with van der Waals surface area (Å²) in [5, 5.41) is 9.22. The summed E-state index contributed by atoms with van der Waals surface area (Å²) < 4.78 is 6.12. The molecule has 0 bridgehead atoms. The number of aliphatic carboxylic acids is 1. The van der Waals surface area contributed by atoms with Gasteiger partial charge >= 0.3 is 5.97 Å². The lowest BCUT2D eigenvalue weighted by molar-refractivity contribution is -0.136. The molecule has 0 aliphatic carbocycles. The maximum absolute atomic E-state index is 12.8. The van der Waals surface area contributed by atoms with Gasteiger partial charge in [-0.25, -0.2) is 0 Å². The SMILES string of the molecule is O=C(O)CCc1cc(CCCc2ccccc2OCc2ccccc2)cc(CCN2C(=O)c3ccccc3C2=O)c1. The lowest BCUT2D eigenvalue weighted by Gasteiger charge is -2.15. The molecule has 0 saturated heterocycles. The lowest BCUT2D eigenvalue weighted by atomic mass is 9.96. The van der Waals surface area contributed by atoms with Crippen molar-refractivity contribution in [2.45, 2.75) is 45.1 Å². The Hall–Kier alpha value is -4.71. The summed E-state index contributed by atoms with van der Waals surface area (Å²) in [6, 6.07) is 31.3. The highest BCUT2D eigenvalue weighted by Gasteiger charge is 2.34. The van der Waals surface area contributed by atoms with E-state index in [1.165, 1.54) is 4.90 Å². The zero-order valence-corrected chi connectivity index (χ0v) is 22.9. The normalized spacial score (nSPS) is 12.4. The molecule has 0 saturated carbocycles. The summed E-state index contributed by atoms with van der Waals surface area (Å²) in [7, 11) is 0. The van der Waals surface area contributed by atoms with Crippen LogP contribution >= 0.6 is 0 Å². The fraction of sp³-hybridized carbons (Fsp3) is 0.229. The number of nitrogens with zero attached hydrogens (tertiary/aromatic N) is 1. The summed E-state index contributed by atoms with van der Waals surface area (Å²) in [6.07, 6.45) is 3.54. The maximum atomic E-state index is 12.8. The molecule has 208 valence electrons. The molecule has 4 aromatic carbocycles. The van der Waals surface area contributed by atoms with Crippen molar-refractivity contribution in [3.63, 3.8) is 0 Å². The summed E-state index contributed by atoms with van der Waals surface area (Å²) in [5.41, 5.74) is 6.22. The first-order chi connectivity index (χ1) is 20.0. The molecule has 0 aromatic heterocycles. The zero-order valence-electron chi connectivity index (χ0n) is 22.9. The Bertz CT molecular complexity index is 1510. The highest BCUT2D eigenvalue weighted by atomic mass is 16.5. The number of ether oxygens (including phenoxy) is 1. The second kappa shape index (κ2) is 13.1. The smallest absolute Gasteiger partial charge is 0.303 e. The van der Waals surface area contributed by atoms with Crippen LogP contribution in [0.15, 0.2) is 97.1 Å². The predicted molar refractivity (Wildman–Crippen MR) is 157 cm³/mol. The average Bonchev–Trinajstić information content (AvgIpc) is 3.23. The summed E-state index contributed by atoms with van der Waals surface area (Å²) in [4.78, 5) is 38.1. The van der Waals surface area contributed by atoms with Crippen molar-refractivity contribution in [2.24, 2.45) is 0 Å². The number of benzene rings is 4. The number of hydrogen-bond acceptors (Lipinski definition) is 4. The minimum Gasteiger partial charge on any atom is -0.489 e. The molecule has 1 aliphatic rings. The van der Waals surface area contributed by atoms with Crippen molar-refractivity contribution in [2.75, 3.05) is 6.54 Å². The van der Waals surface area contributed by atoms with Crippen LogP contribution in [0.1, 0.15) is 61.4 Å². The Morgan fingerprint density at radius 2 is 1.24 bits per heavy atom. The molecule has 6 nitrogen and oxygen atoms in total. The van der Waals surface area contributed by atoms with Crippen LogP contribution in [0.3, 0.4) is 0 Å². The van der Waals surface area contributed by atoms with Gasteiger partial charge in [-0.3, -0.25) is 19.3 Å². The number of fused-ring (bicyclic) bond motifs is 1. The molecule has 0 unspecified atom stereocenters. The standard InChI is InChI=1S/C35H33NO5/c37-33(38)18-17-27-21-26(11-8-13-29-12-4-7-16-32(29)41-24-25-9-2-1-3-10-25)22-28(23-27)19-20-36-34(39)30-14-5-6-15-31(30)35(36)40/h1-7,9-10,12,14-16,21-23H,8,11,13,17-20,24H2,(H,37,38). The second-order valence-electron chi connectivity index (χ2n) is 10.3. The van der Waals surface area contributed by atoms with Gasteiger partial charge in [-0.05, 0) is 78.1 Å². The first-order valence-electron chi connectivity index (χ1n) is 14.0. The average molecular weight is 548 g/mol. The van der Waals surface area contributed by atoms with Crippen LogP contribution in [0, 0.1) is 0 Å². The van der Waals surface area contributed by atoms with Crippen LogP contribution in [-0.4, -0.2) is 34.3 Å². The number of amides is 2. The van der Waals surface area contributed by atoms with Crippen molar-refractivity contribution >= 4 is 17.8 Å². The number of carboxylic acid groups (broad SMARTS) is 1. The summed E-state index contributed by atoms with van der Waals surface area (Å²) >= 11 is 0. The molecule has 1 N–H and O–H groups in total. The minimum atomic E-state index is -0.838. The highest BCUT2D eigenvalue weighted by Crippen LogP contribution is 2.25. The van der Waals surface area contributed by atoms with Gasteiger partial charge in [-0.1, -0.05) is 78.9 Å². The predicted octanol–water partition coefficient (Wildman–Crippen LogP) is 6.30. The molecule has 0 fully saturated rings. The molecule has 6 heteroatoms. The van der Waals surface area contributed by atoms with Crippen molar-refractivity contribution in [1.82, 2.24) is 4.90 Å². The molecule has 0 atom stereocenters. The number of rotatable bonds is 13. The third-order valence-corrected chi connectivity index (χ3v) is 7.36. The van der Waals surface area contributed by atoms with E-state index in [9.17, 15) is 19.5 Å². The maximum Gasteiger partial charge on any atom is 0.303 e. The van der Waals surface area contributed by atoms with E-state index >= 15 is 0 Å². The third kappa shape index (κ3) is 7.09. The Labute approximate surface area is 240 Å². The number of carboxylic acids is 1. The molecule has 41 heavy (non-hydrogen) atoms. The summed E-state index contributed by atoms with van der Waals surface area (Å²) in [6.45, 7) is 0.792. The van der Waals surface area contributed by atoms with E-state index in [1.807, 2.05) is 54.6 Å². The van der Waals surface area contributed by atoms with Crippen LogP contribution in [0.25, 0.3) is 0 Å². The third-order valence-electron chi connectivity index (χ3n) is 7.36. The van der Waals surface area contributed by atoms with E-state index in [4.69, 9.17) is 4.74 Å². The van der Waals surface area contributed by atoms with E-state index in [1.54, 1.807) is 24.3 Å². The van der Waals surface area contributed by atoms with Crippen molar-refractivity contribution in [3.05, 3.63) is 136 Å². The zero-order chi connectivity index (χ0) is 28.6. The van der Waals surface area contributed by atoms with Crippen molar-refractivity contribution in [1.29, 1.82) is 0 Å². The Balaban J connectivity index is 1.24. The topological polar surface area (TPSA) is 83.9 Å². The Morgan fingerprint density at radius 1 is 0.659 bits per heavy atom. The van der Waals surface area contributed by atoms with Crippen LogP contribution in [0.5, 0.6) is 5.75 Å². The first-order valence-corrected chi connectivity index (χ1v) is 14.0. The van der Waals surface area contributed by atoms with Gasteiger partial charge < -0.3 is 9.84 Å². The number of carbonyl (C=O) groups excluding carboxylic acids is 2. The van der Waals surface area contributed by atoms with Gasteiger partial charge in [0, 0.05) is 13.0 Å². The van der Waals surface area contributed by atoms with Gasteiger partial charge in [0.25, 0.3) is 11.8 Å². The van der Waals surface area contributed by atoms with E-state index in [0.29, 0.717) is 30.6 Å². The number of aryl methyl sites for hydroxylation is 3. The number of hydrogen-bond donors (Lipinski definition) is 1. The number of carbonyl (C=O) groups is 3. The van der Waals surface area contributed by atoms with Crippen LogP contribution < -0.4 is 4.74 Å². The van der Waals surface area contributed by atoms with Gasteiger partial charge in [-0.15, -0.1) is 0 Å². The van der Waals surface area contributed by atoms with E-state index < -0.39 is 5.97 Å². The van der Waals surface area contributed by atoms with Crippen molar-refractivity contribution in [3.8, 4) is 5.75 Å². The van der Waals surface area contributed by atoms with Crippen LogP contribution in [0.4, 0.5) is 0 Å². The Morgan fingerprint density at radius 3 is 1.93 bits per heavy atom. The van der Waals surface area contributed by atoms with E-state index in [0.717, 1.165) is 52.8 Å². The molecule has 4 aromatic rings. The minimum absolute atomic E-state index is 0.0490. The molecule has 1 heterocycles. The van der Waals surface area contributed by atoms with Gasteiger partial charge in [0.2, 0.25) is 0 Å². The van der Waals surface area contributed by atoms with Gasteiger partial charge in [0.05, 0.1) is 11.1 Å². The Kier molecular flexibility index (Phi) is 8.89. The molecule has 5 rings (SSSR count). The largest absolute Gasteiger partial charge is 0.489 e. The van der Waals surface area contributed by atoms with Gasteiger partial charge in [0.15, 0.2) is 0 Å². The highest BCUT2D eigenvalue weighted by molar-refractivity contribution is 6.21. The number of para-hydroxylation sites is 1. The molecular formula is C35H33NO5. The quantitative estimate of drug-likeness (QED) is 0.199. The van der Waals surface area contributed by atoms with Crippen molar-refractivity contribution < 1.29 is 24.2 Å². The van der Waals surface area contributed by atoms with Gasteiger partial charge in [-0.2, -0.15) is 0 Å². The lowest BCUT2D eigenvalue weighted by Crippen LogP contribution is -2.31. The van der Waals surface area contributed by atoms with E-state index in [-0.39, 0.29) is 24.8 Å². The fourth-order valence-electron chi connectivity index (χ4n) is 5.28. The second-order valence-corrected chi connectivity index (χ2v) is 10.3. The fourth-order valence-corrected chi connectivity index (χ4v) is 5.28. The molecule has 1 aliphatic heterocycles. The van der Waals surface area contributed by atoms with E-state index in [2.05, 4.69) is 18.2 Å². The first kappa shape index (κ1) is 27.8. The molecule has 2 amide bonds. The molecule has 0 radical (unpaired) electrons.